The zero-order valence-electron chi connectivity index (χ0n) is 16.7. The number of pyridine rings is 1. The lowest BCUT2D eigenvalue weighted by molar-refractivity contribution is -0.152. The van der Waals surface area contributed by atoms with E-state index >= 15 is 0 Å². The van der Waals surface area contributed by atoms with Gasteiger partial charge in [-0.05, 0) is 37.5 Å². The van der Waals surface area contributed by atoms with E-state index in [9.17, 15) is 9.59 Å². The van der Waals surface area contributed by atoms with Crippen LogP contribution in [0.25, 0.3) is 11.1 Å². The third-order valence-corrected chi connectivity index (χ3v) is 6.03. The minimum atomic E-state index is -0.520. The van der Waals surface area contributed by atoms with Crippen molar-refractivity contribution >= 4 is 58.0 Å². The highest BCUT2D eigenvalue weighted by Gasteiger charge is 2.28. The molecule has 3 heterocycles. The monoisotopic (exact) mass is 462 g/mol. The van der Waals surface area contributed by atoms with Crippen LogP contribution in [0.3, 0.4) is 0 Å². The van der Waals surface area contributed by atoms with Crippen molar-refractivity contribution in [3.8, 4) is 0 Å². The van der Waals surface area contributed by atoms with E-state index in [1.807, 2.05) is 29.2 Å². The average molecular weight is 463 g/mol. The summed E-state index contributed by atoms with van der Waals surface area (Å²) in [6.07, 6.45) is 2.57. The summed E-state index contributed by atoms with van der Waals surface area (Å²) < 4.78 is 11.0. The Morgan fingerprint density at radius 2 is 2.00 bits per heavy atom. The first kappa shape index (κ1) is 21.4. The number of anilines is 2. The van der Waals surface area contributed by atoms with Gasteiger partial charge < -0.3 is 19.4 Å². The number of hydrogen-bond acceptors (Lipinski definition) is 7. The molecular weight excluding hydrogens is 443 g/mol. The maximum absolute atomic E-state index is 12.4. The summed E-state index contributed by atoms with van der Waals surface area (Å²) in [4.78, 5) is 35.0. The van der Waals surface area contributed by atoms with Crippen LogP contribution in [0, 0.1) is 12.8 Å². The second-order valence-electron chi connectivity index (χ2n) is 7.28. The van der Waals surface area contributed by atoms with E-state index in [4.69, 9.17) is 32.4 Å². The van der Waals surface area contributed by atoms with E-state index in [-0.39, 0.29) is 16.8 Å². The van der Waals surface area contributed by atoms with E-state index in [1.54, 1.807) is 6.92 Å². The van der Waals surface area contributed by atoms with Crippen molar-refractivity contribution in [2.75, 3.05) is 29.9 Å². The minimum Gasteiger partial charge on any atom is -0.455 e. The lowest BCUT2D eigenvalue weighted by Gasteiger charge is -2.29. The molecule has 4 rings (SSSR count). The molecule has 0 bridgehead atoms. The number of carbonyl (C=O) groups is 2. The number of esters is 1. The number of piperidine rings is 1. The number of para-hydroxylation sites is 2. The molecule has 2 aromatic heterocycles. The summed E-state index contributed by atoms with van der Waals surface area (Å²) in [5.74, 6) is -1.03. The fraction of sp³-hybridized carbons (Fsp3) is 0.333. The van der Waals surface area contributed by atoms with Gasteiger partial charge in [0.25, 0.3) is 11.9 Å². The molecule has 1 saturated heterocycles. The number of rotatable bonds is 5. The first-order valence-electron chi connectivity index (χ1n) is 9.80. The van der Waals surface area contributed by atoms with Crippen LogP contribution in [0.5, 0.6) is 0 Å². The molecule has 31 heavy (non-hydrogen) atoms. The highest BCUT2D eigenvalue weighted by molar-refractivity contribution is 6.37. The van der Waals surface area contributed by atoms with Crippen molar-refractivity contribution in [1.29, 1.82) is 0 Å². The number of nitrogens with one attached hydrogen (secondary N) is 1. The maximum Gasteiger partial charge on any atom is 0.309 e. The Balaban J connectivity index is 1.26. The summed E-state index contributed by atoms with van der Waals surface area (Å²) in [5.41, 5.74) is 2.14. The van der Waals surface area contributed by atoms with Crippen LogP contribution in [0.2, 0.25) is 10.0 Å². The number of benzene rings is 1. The van der Waals surface area contributed by atoms with Gasteiger partial charge in [-0.2, -0.15) is 4.98 Å². The SMILES string of the molecule is Cc1c(Cl)cnc(NC(=O)COC(=O)C2CCN(c3nc4ccccc4o3)CC2)c1Cl. The van der Waals surface area contributed by atoms with Crippen molar-refractivity contribution in [2.45, 2.75) is 19.8 Å². The van der Waals surface area contributed by atoms with Gasteiger partial charge in [0.1, 0.15) is 5.52 Å². The first-order chi connectivity index (χ1) is 14.9. The predicted molar refractivity (Wildman–Crippen MR) is 118 cm³/mol. The number of aromatic nitrogens is 2. The van der Waals surface area contributed by atoms with E-state index in [2.05, 4.69) is 15.3 Å². The number of oxazole rings is 1. The molecule has 1 aliphatic rings. The van der Waals surface area contributed by atoms with Crippen molar-refractivity contribution in [3.05, 3.63) is 46.1 Å². The van der Waals surface area contributed by atoms with Crippen molar-refractivity contribution < 1.29 is 18.7 Å². The average Bonchev–Trinajstić information content (AvgIpc) is 3.22. The number of halogens is 2. The standard InChI is InChI=1S/C21H20Cl2N4O4/c1-12-14(22)10-24-19(18(12)23)26-17(28)11-30-20(29)13-6-8-27(9-7-13)21-25-15-4-2-3-5-16(15)31-21/h2-5,10,13H,6-9,11H2,1H3,(H,24,26,28). The molecule has 1 amide bonds. The lowest BCUT2D eigenvalue weighted by atomic mass is 9.97. The molecule has 10 heteroatoms. The molecular formula is C21H20Cl2N4O4. The summed E-state index contributed by atoms with van der Waals surface area (Å²) in [5, 5.41) is 3.18. The number of amides is 1. The molecule has 0 unspecified atom stereocenters. The van der Waals surface area contributed by atoms with Crippen molar-refractivity contribution in [3.63, 3.8) is 0 Å². The minimum absolute atomic E-state index is 0.177. The lowest BCUT2D eigenvalue weighted by Crippen LogP contribution is -2.37. The number of nitrogens with zero attached hydrogens (tertiary/aromatic N) is 3. The second kappa shape index (κ2) is 9.11. The summed E-state index contributed by atoms with van der Waals surface area (Å²) in [7, 11) is 0. The van der Waals surface area contributed by atoms with Gasteiger partial charge in [-0.15, -0.1) is 0 Å². The Hall–Kier alpha value is -2.84. The Bertz CT molecular complexity index is 1090. The first-order valence-corrected chi connectivity index (χ1v) is 10.6. The normalized spacial score (nSPS) is 14.6. The van der Waals surface area contributed by atoms with Crippen molar-refractivity contribution in [2.24, 2.45) is 5.92 Å². The van der Waals surface area contributed by atoms with Crippen LogP contribution < -0.4 is 10.2 Å². The number of carbonyl (C=O) groups excluding carboxylic acids is 2. The Morgan fingerprint density at radius 3 is 2.74 bits per heavy atom. The number of hydrogen-bond donors (Lipinski definition) is 1. The van der Waals surface area contributed by atoms with Crippen LogP contribution in [0.15, 0.2) is 34.9 Å². The zero-order valence-corrected chi connectivity index (χ0v) is 18.2. The van der Waals surface area contributed by atoms with Gasteiger partial charge in [0.15, 0.2) is 18.0 Å². The van der Waals surface area contributed by atoms with Crippen LogP contribution in [0.1, 0.15) is 18.4 Å². The quantitative estimate of drug-likeness (QED) is 0.566. The molecule has 1 aromatic carbocycles. The molecule has 1 aliphatic heterocycles. The van der Waals surface area contributed by atoms with Gasteiger partial charge in [-0.1, -0.05) is 35.3 Å². The van der Waals surface area contributed by atoms with Gasteiger partial charge in [0.2, 0.25) is 0 Å². The molecule has 0 aliphatic carbocycles. The molecule has 162 valence electrons. The van der Waals surface area contributed by atoms with Crippen LogP contribution in [-0.2, 0) is 14.3 Å². The number of fused-ring (bicyclic) bond motifs is 1. The van der Waals surface area contributed by atoms with Crippen molar-refractivity contribution in [1.82, 2.24) is 9.97 Å². The topological polar surface area (TPSA) is 97.6 Å². The van der Waals surface area contributed by atoms with E-state index in [1.165, 1.54) is 6.20 Å². The van der Waals surface area contributed by atoms with E-state index < -0.39 is 18.5 Å². The smallest absolute Gasteiger partial charge is 0.309 e. The summed E-state index contributed by atoms with van der Waals surface area (Å²) in [6, 6.07) is 8.12. The van der Waals surface area contributed by atoms with Gasteiger partial charge in [-0.25, -0.2) is 4.98 Å². The Labute approximate surface area is 188 Å². The van der Waals surface area contributed by atoms with Crippen LogP contribution >= 0.6 is 23.2 Å². The Morgan fingerprint density at radius 1 is 1.26 bits per heavy atom. The highest BCUT2D eigenvalue weighted by atomic mass is 35.5. The molecule has 1 N–H and O–H groups in total. The van der Waals surface area contributed by atoms with E-state index in [0.29, 0.717) is 42.5 Å². The van der Waals surface area contributed by atoms with Gasteiger partial charge in [0, 0.05) is 19.3 Å². The highest BCUT2D eigenvalue weighted by Crippen LogP contribution is 2.29. The van der Waals surface area contributed by atoms with Crippen LogP contribution in [0.4, 0.5) is 11.8 Å². The molecule has 8 nitrogen and oxygen atoms in total. The van der Waals surface area contributed by atoms with Gasteiger partial charge in [-0.3, -0.25) is 9.59 Å². The molecule has 0 atom stereocenters. The third-order valence-electron chi connectivity index (χ3n) is 5.19. The predicted octanol–water partition coefficient (Wildman–Crippen LogP) is 4.24. The zero-order chi connectivity index (χ0) is 22.0. The second-order valence-corrected chi connectivity index (χ2v) is 8.06. The molecule has 0 radical (unpaired) electrons. The summed E-state index contributed by atoms with van der Waals surface area (Å²) >= 11 is 12.1. The molecule has 0 saturated carbocycles. The molecule has 1 fully saturated rings. The van der Waals surface area contributed by atoms with Crippen LogP contribution in [-0.4, -0.2) is 41.5 Å². The molecule has 0 spiro atoms. The third kappa shape index (κ3) is 4.75. The molecule has 3 aromatic rings. The van der Waals surface area contributed by atoms with Gasteiger partial charge in [0.05, 0.1) is 16.0 Å². The summed E-state index contributed by atoms with van der Waals surface area (Å²) in [6.45, 7) is 2.53. The maximum atomic E-state index is 12.4. The largest absolute Gasteiger partial charge is 0.455 e. The fourth-order valence-electron chi connectivity index (χ4n) is 3.37. The Kier molecular flexibility index (Phi) is 6.29. The van der Waals surface area contributed by atoms with Gasteiger partial charge >= 0.3 is 5.97 Å². The number of ether oxygens (including phenoxy) is 1. The van der Waals surface area contributed by atoms with E-state index in [0.717, 1.165) is 11.1 Å². The fourth-order valence-corrected chi connectivity index (χ4v) is 3.76.